The molecule has 1 N–H and O–H groups in total. The summed E-state index contributed by atoms with van der Waals surface area (Å²) in [6.07, 6.45) is 0.917. The van der Waals surface area contributed by atoms with Crippen molar-refractivity contribution in [3.05, 3.63) is 103 Å². The molecule has 0 saturated carbocycles. The summed E-state index contributed by atoms with van der Waals surface area (Å²) >= 11 is 0. The number of rotatable bonds is 8. The Morgan fingerprint density at radius 3 is 1.70 bits per heavy atom. The molecule has 0 aromatic heterocycles. The van der Waals surface area contributed by atoms with Crippen molar-refractivity contribution < 1.29 is 17.9 Å². The van der Waals surface area contributed by atoms with Gasteiger partial charge >= 0.3 is 0 Å². The van der Waals surface area contributed by atoms with Crippen molar-refractivity contribution in [3.8, 4) is 23.0 Å². The smallest absolute Gasteiger partial charge is 0.206 e. The molecule has 0 spiro atoms. The molecule has 0 heterocycles. The molecule has 0 unspecified atom stereocenters. The first kappa shape index (κ1) is 22.4. The van der Waals surface area contributed by atoms with Crippen molar-refractivity contribution in [3.63, 3.8) is 0 Å². The third-order valence-electron chi connectivity index (χ3n) is 5.17. The van der Waals surface area contributed by atoms with Crippen molar-refractivity contribution in [2.24, 2.45) is 0 Å². The Bertz CT molecular complexity index is 1230. The highest BCUT2D eigenvalue weighted by Gasteiger charge is 2.18. The first-order chi connectivity index (χ1) is 16.0. The fourth-order valence-electron chi connectivity index (χ4n) is 3.33. The Labute approximate surface area is 194 Å². The van der Waals surface area contributed by atoms with Crippen LogP contribution in [-0.4, -0.2) is 15.5 Å². The van der Waals surface area contributed by atoms with E-state index in [9.17, 15) is 8.42 Å². The van der Waals surface area contributed by atoms with Crippen molar-refractivity contribution in [2.75, 3.05) is 12.4 Å². The van der Waals surface area contributed by atoms with E-state index >= 15 is 0 Å². The molecule has 168 valence electrons. The maximum Gasteiger partial charge on any atom is 0.206 e. The normalized spacial score (nSPS) is 11.1. The zero-order valence-corrected chi connectivity index (χ0v) is 19.3. The van der Waals surface area contributed by atoms with Crippen LogP contribution < -0.4 is 14.8 Å². The maximum absolute atomic E-state index is 13.1. The van der Waals surface area contributed by atoms with E-state index in [1.807, 2.05) is 55.6 Å². The minimum Gasteiger partial charge on any atom is -0.457 e. The highest BCUT2D eigenvalue weighted by atomic mass is 32.2. The van der Waals surface area contributed by atoms with Gasteiger partial charge in [0.15, 0.2) is 0 Å². The molecular formula is C27H25NO4S. The van der Waals surface area contributed by atoms with Crippen LogP contribution in [0, 0.1) is 0 Å². The van der Waals surface area contributed by atoms with E-state index in [1.54, 1.807) is 48.5 Å². The van der Waals surface area contributed by atoms with Crippen LogP contribution in [0.25, 0.3) is 0 Å². The Morgan fingerprint density at radius 1 is 0.667 bits per heavy atom. The number of ether oxygens (including phenoxy) is 2. The topological polar surface area (TPSA) is 64.6 Å². The fourth-order valence-corrected chi connectivity index (χ4v) is 4.59. The van der Waals surface area contributed by atoms with Crippen molar-refractivity contribution in [1.29, 1.82) is 0 Å². The van der Waals surface area contributed by atoms with Gasteiger partial charge in [0.05, 0.1) is 9.79 Å². The SMILES string of the molecule is CCc1cccc(Oc2ccc(S(=O)(=O)c3ccc(Oc4cccc(NC)c4)cc3)cc2)c1. The van der Waals surface area contributed by atoms with Crippen LogP contribution in [0.1, 0.15) is 12.5 Å². The van der Waals surface area contributed by atoms with Gasteiger partial charge in [-0.05, 0) is 84.8 Å². The van der Waals surface area contributed by atoms with E-state index in [0.717, 1.165) is 17.9 Å². The Balaban J connectivity index is 1.48. The lowest BCUT2D eigenvalue weighted by atomic mass is 10.2. The van der Waals surface area contributed by atoms with Gasteiger partial charge < -0.3 is 14.8 Å². The highest BCUT2D eigenvalue weighted by molar-refractivity contribution is 7.91. The summed E-state index contributed by atoms with van der Waals surface area (Å²) in [6, 6.07) is 28.2. The number of aryl methyl sites for hydroxylation is 1. The summed E-state index contributed by atoms with van der Waals surface area (Å²) in [5.74, 6) is 2.52. The summed E-state index contributed by atoms with van der Waals surface area (Å²) in [7, 11) is -1.83. The molecule has 33 heavy (non-hydrogen) atoms. The molecule has 0 aliphatic carbocycles. The Hall–Kier alpha value is -3.77. The van der Waals surface area contributed by atoms with Crippen molar-refractivity contribution >= 4 is 15.5 Å². The van der Waals surface area contributed by atoms with Gasteiger partial charge in [-0.3, -0.25) is 0 Å². The van der Waals surface area contributed by atoms with Crippen molar-refractivity contribution in [2.45, 2.75) is 23.1 Å². The predicted molar refractivity (Wildman–Crippen MR) is 130 cm³/mol. The zero-order valence-electron chi connectivity index (χ0n) is 18.5. The minimum absolute atomic E-state index is 0.197. The number of sulfone groups is 1. The summed E-state index contributed by atoms with van der Waals surface area (Å²) in [6.45, 7) is 2.08. The number of hydrogen-bond acceptors (Lipinski definition) is 5. The van der Waals surface area contributed by atoms with Crippen LogP contribution in [0.3, 0.4) is 0 Å². The minimum atomic E-state index is -3.66. The zero-order chi connectivity index (χ0) is 23.3. The van der Waals surface area contributed by atoms with Gasteiger partial charge in [-0.15, -0.1) is 0 Å². The molecular weight excluding hydrogens is 434 g/mol. The van der Waals surface area contributed by atoms with Gasteiger partial charge in [-0.1, -0.05) is 25.1 Å². The second-order valence-electron chi connectivity index (χ2n) is 7.43. The molecule has 4 rings (SSSR count). The number of anilines is 1. The molecule has 6 heteroatoms. The Kier molecular flexibility index (Phi) is 6.66. The van der Waals surface area contributed by atoms with Crippen LogP contribution in [0.4, 0.5) is 5.69 Å². The lowest BCUT2D eigenvalue weighted by Crippen LogP contribution is -2.02. The van der Waals surface area contributed by atoms with E-state index in [1.165, 1.54) is 5.56 Å². The lowest BCUT2D eigenvalue weighted by Gasteiger charge is -2.10. The van der Waals surface area contributed by atoms with Gasteiger partial charge in [0, 0.05) is 18.8 Å². The van der Waals surface area contributed by atoms with Gasteiger partial charge in [0.25, 0.3) is 0 Å². The maximum atomic E-state index is 13.1. The van der Waals surface area contributed by atoms with Gasteiger partial charge in [0.1, 0.15) is 23.0 Å². The summed E-state index contributed by atoms with van der Waals surface area (Å²) in [5.41, 5.74) is 2.10. The summed E-state index contributed by atoms with van der Waals surface area (Å²) < 4.78 is 37.8. The van der Waals surface area contributed by atoms with Crippen LogP contribution in [0.5, 0.6) is 23.0 Å². The largest absolute Gasteiger partial charge is 0.457 e. The van der Waals surface area contributed by atoms with E-state index in [-0.39, 0.29) is 9.79 Å². The first-order valence-corrected chi connectivity index (χ1v) is 12.1. The second kappa shape index (κ2) is 9.79. The third kappa shape index (κ3) is 5.35. The molecule has 4 aromatic carbocycles. The summed E-state index contributed by atoms with van der Waals surface area (Å²) in [4.78, 5) is 0.399. The third-order valence-corrected chi connectivity index (χ3v) is 6.95. The van der Waals surface area contributed by atoms with E-state index in [0.29, 0.717) is 17.2 Å². The molecule has 0 amide bonds. The fraction of sp³-hybridized carbons (Fsp3) is 0.111. The van der Waals surface area contributed by atoms with Crippen LogP contribution in [0.2, 0.25) is 0 Å². The van der Waals surface area contributed by atoms with E-state index in [2.05, 4.69) is 12.2 Å². The quantitative estimate of drug-likeness (QED) is 0.317. The predicted octanol–water partition coefficient (Wildman–Crippen LogP) is 6.71. The van der Waals surface area contributed by atoms with E-state index in [4.69, 9.17) is 9.47 Å². The Morgan fingerprint density at radius 2 is 1.18 bits per heavy atom. The monoisotopic (exact) mass is 459 g/mol. The van der Waals surface area contributed by atoms with Gasteiger partial charge in [-0.25, -0.2) is 8.42 Å². The molecule has 0 saturated heterocycles. The summed E-state index contributed by atoms with van der Waals surface area (Å²) in [5, 5.41) is 3.05. The standard InChI is InChI=1S/C27H25NO4S/c1-3-20-6-4-8-24(18-20)31-22-10-14-26(15-11-22)33(29,30)27-16-12-23(13-17-27)32-25-9-5-7-21(19-25)28-2/h4-19,28H,3H2,1-2H3. The highest BCUT2D eigenvalue weighted by Crippen LogP contribution is 2.29. The van der Waals surface area contributed by atoms with Crippen LogP contribution >= 0.6 is 0 Å². The van der Waals surface area contributed by atoms with Crippen LogP contribution in [-0.2, 0) is 16.3 Å². The molecule has 0 radical (unpaired) electrons. The first-order valence-electron chi connectivity index (χ1n) is 10.7. The average Bonchev–Trinajstić information content (AvgIpc) is 2.85. The number of nitrogens with one attached hydrogen (secondary N) is 1. The van der Waals surface area contributed by atoms with Crippen molar-refractivity contribution in [1.82, 2.24) is 0 Å². The van der Waals surface area contributed by atoms with Gasteiger partial charge in [0.2, 0.25) is 9.84 Å². The lowest BCUT2D eigenvalue weighted by molar-refractivity contribution is 0.481. The molecule has 0 aliphatic heterocycles. The molecule has 4 aromatic rings. The molecule has 0 fully saturated rings. The number of benzene rings is 4. The van der Waals surface area contributed by atoms with Crippen LogP contribution in [0.15, 0.2) is 107 Å². The molecule has 0 atom stereocenters. The van der Waals surface area contributed by atoms with Gasteiger partial charge in [-0.2, -0.15) is 0 Å². The molecule has 0 bridgehead atoms. The molecule has 5 nitrogen and oxygen atoms in total. The second-order valence-corrected chi connectivity index (χ2v) is 9.38. The van der Waals surface area contributed by atoms with E-state index < -0.39 is 9.84 Å². The number of hydrogen-bond donors (Lipinski definition) is 1. The molecule has 0 aliphatic rings. The average molecular weight is 460 g/mol.